The number of anilines is 2. The lowest BCUT2D eigenvalue weighted by molar-refractivity contribution is 0.218. The molecule has 0 saturated heterocycles. The van der Waals surface area contributed by atoms with Crippen molar-refractivity contribution in [3.63, 3.8) is 0 Å². The smallest absolute Gasteiger partial charge is 0.321 e. The van der Waals surface area contributed by atoms with Crippen molar-refractivity contribution >= 4 is 29.3 Å². The molecule has 1 aromatic carbocycles. The molecule has 1 fully saturated rings. The van der Waals surface area contributed by atoms with E-state index in [-0.39, 0.29) is 12.0 Å². The monoisotopic (exact) mass is 341 g/mol. The largest absolute Gasteiger partial charge is 0.369 e. The summed E-state index contributed by atoms with van der Waals surface area (Å²) in [6, 6.07) is 5.73. The zero-order valence-corrected chi connectivity index (χ0v) is 14.3. The SMILES string of the molecule is CN1Cc2c(cccc2N2C(N)=NC(N)=NC23CCCCC3)NC1=O. The first-order valence-corrected chi connectivity index (χ1v) is 8.64. The molecule has 5 N–H and O–H groups in total. The molecule has 0 unspecified atom stereocenters. The minimum Gasteiger partial charge on any atom is -0.369 e. The third kappa shape index (κ3) is 2.48. The van der Waals surface area contributed by atoms with E-state index in [1.165, 1.54) is 6.42 Å². The number of nitrogens with two attached hydrogens (primary N) is 2. The number of carbonyl (C=O) groups is 1. The number of hydrogen-bond donors (Lipinski definition) is 3. The van der Waals surface area contributed by atoms with Gasteiger partial charge in [0.1, 0.15) is 5.66 Å². The summed E-state index contributed by atoms with van der Waals surface area (Å²) in [6.45, 7) is 0.510. The normalized spacial score (nSPS) is 22.2. The lowest BCUT2D eigenvalue weighted by Gasteiger charge is -2.46. The van der Waals surface area contributed by atoms with Crippen LogP contribution in [0.2, 0.25) is 0 Å². The molecule has 0 bridgehead atoms. The van der Waals surface area contributed by atoms with E-state index < -0.39 is 5.66 Å². The number of guanidine groups is 2. The van der Waals surface area contributed by atoms with Gasteiger partial charge in [0.05, 0.1) is 12.2 Å². The van der Waals surface area contributed by atoms with Crippen LogP contribution >= 0.6 is 0 Å². The standard InChI is InChI=1S/C17H23N7O/c1-23-10-11-12(20-16(23)25)6-5-7-13(11)24-15(19)21-14(18)22-17(24)8-3-2-4-9-17/h5-7H,2-4,8-10H2,1H3,(H,20,25)(H4,18,19,21,22). The van der Waals surface area contributed by atoms with Crippen LogP contribution in [0.5, 0.6) is 0 Å². The van der Waals surface area contributed by atoms with Crippen LogP contribution in [0.3, 0.4) is 0 Å². The van der Waals surface area contributed by atoms with E-state index in [1.54, 1.807) is 11.9 Å². The van der Waals surface area contributed by atoms with Crippen LogP contribution in [0.15, 0.2) is 28.2 Å². The molecule has 1 aliphatic carbocycles. The highest BCUT2D eigenvalue weighted by molar-refractivity contribution is 6.07. The number of urea groups is 1. The van der Waals surface area contributed by atoms with Gasteiger partial charge in [0, 0.05) is 18.3 Å². The van der Waals surface area contributed by atoms with Gasteiger partial charge in [-0.05, 0) is 37.8 Å². The molecule has 0 aromatic heterocycles. The summed E-state index contributed by atoms with van der Waals surface area (Å²) in [5.74, 6) is 0.605. The molecule has 8 heteroatoms. The fraction of sp³-hybridized carbons (Fsp3) is 0.471. The van der Waals surface area contributed by atoms with Crippen LogP contribution in [-0.4, -0.2) is 35.6 Å². The summed E-state index contributed by atoms with van der Waals surface area (Å²) in [5.41, 5.74) is 14.5. The number of nitrogens with zero attached hydrogens (tertiary/aromatic N) is 4. The number of amides is 2. The molecule has 3 aliphatic rings. The molecule has 8 nitrogen and oxygen atoms in total. The fourth-order valence-corrected chi connectivity index (χ4v) is 4.06. The third-order valence-electron chi connectivity index (χ3n) is 5.23. The molecule has 1 spiro atoms. The Bertz CT molecular complexity index is 779. The molecule has 2 amide bonds. The number of nitrogens with one attached hydrogen (secondary N) is 1. The van der Waals surface area contributed by atoms with Crippen LogP contribution in [-0.2, 0) is 6.54 Å². The first-order valence-electron chi connectivity index (χ1n) is 8.64. The van der Waals surface area contributed by atoms with Gasteiger partial charge in [-0.3, -0.25) is 4.90 Å². The van der Waals surface area contributed by atoms with E-state index in [0.29, 0.717) is 12.5 Å². The average molecular weight is 341 g/mol. The van der Waals surface area contributed by atoms with Crippen molar-refractivity contribution in [2.24, 2.45) is 21.5 Å². The summed E-state index contributed by atoms with van der Waals surface area (Å²) in [7, 11) is 1.77. The van der Waals surface area contributed by atoms with E-state index in [2.05, 4.69) is 10.3 Å². The zero-order valence-electron chi connectivity index (χ0n) is 14.3. The minimum atomic E-state index is -0.483. The number of fused-ring (bicyclic) bond motifs is 1. The minimum absolute atomic E-state index is 0.112. The Balaban J connectivity index is 1.84. The second-order valence-corrected chi connectivity index (χ2v) is 6.91. The first kappa shape index (κ1) is 15.7. The van der Waals surface area contributed by atoms with E-state index in [1.807, 2.05) is 23.1 Å². The molecular weight excluding hydrogens is 318 g/mol. The number of hydrogen-bond acceptors (Lipinski definition) is 6. The molecule has 2 heterocycles. The highest BCUT2D eigenvalue weighted by Crippen LogP contribution is 2.42. The lowest BCUT2D eigenvalue weighted by atomic mass is 9.86. The van der Waals surface area contributed by atoms with Gasteiger partial charge < -0.3 is 21.7 Å². The van der Waals surface area contributed by atoms with E-state index >= 15 is 0 Å². The summed E-state index contributed by atoms with van der Waals surface area (Å²) in [5, 5.41) is 2.92. The van der Waals surface area contributed by atoms with Crippen molar-refractivity contribution < 1.29 is 4.79 Å². The summed E-state index contributed by atoms with van der Waals surface area (Å²) in [4.78, 5) is 24.6. The Hall–Kier alpha value is -2.77. The number of carbonyl (C=O) groups excluding carboxylic acids is 1. The Morgan fingerprint density at radius 2 is 1.96 bits per heavy atom. The highest BCUT2D eigenvalue weighted by atomic mass is 16.2. The molecular formula is C17H23N7O. The van der Waals surface area contributed by atoms with E-state index in [4.69, 9.17) is 16.5 Å². The number of benzene rings is 1. The second kappa shape index (κ2) is 5.65. The van der Waals surface area contributed by atoms with E-state index in [0.717, 1.165) is 42.6 Å². The molecule has 4 rings (SSSR count). The lowest BCUT2D eigenvalue weighted by Crippen LogP contribution is -2.58. The Labute approximate surface area is 146 Å². The highest BCUT2D eigenvalue weighted by Gasteiger charge is 2.43. The maximum Gasteiger partial charge on any atom is 0.321 e. The van der Waals surface area contributed by atoms with Crippen molar-refractivity contribution in [2.75, 3.05) is 17.3 Å². The first-order chi connectivity index (χ1) is 12.0. The zero-order chi connectivity index (χ0) is 17.6. The van der Waals surface area contributed by atoms with Gasteiger partial charge in [0.15, 0.2) is 0 Å². The topological polar surface area (TPSA) is 112 Å². The van der Waals surface area contributed by atoms with Gasteiger partial charge in [0.25, 0.3) is 0 Å². The maximum absolute atomic E-state index is 12.0. The number of aliphatic imine (C=N–C) groups is 2. The second-order valence-electron chi connectivity index (χ2n) is 6.91. The summed E-state index contributed by atoms with van der Waals surface area (Å²) >= 11 is 0. The molecule has 1 aromatic rings. The molecule has 2 aliphatic heterocycles. The van der Waals surface area contributed by atoms with Crippen LogP contribution in [0, 0.1) is 0 Å². The molecule has 0 radical (unpaired) electrons. The van der Waals surface area contributed by atoms with Crippen LogP contribution in [0.4, 0.5) is 16.2 Å². The summed E-state index contributed by atoms with van der Waals surface area (Å²) in [6.07, 6.45) is 5.11. The van der Waals surface area contributed by atoms with Gasteiger partial charge in [0.2, 0.25) is 11.9 Å². The Morgan fingerprint density at radius 1 is 1.20 bits per heavy atom. The maximum atomic E-state index is 12.0. The predicted octanol–water partition coefficient (Wildman–Crippen LogP) is 1.77. The van der Waals surface area contributed by atoms with Crippen LogP contribution in [0.25, 0.3) is 0 Å². The number of rotatable bonds is 1. The van der Waals surface area contributed by atoms with Gasteiger partial charge >= 0.3 is 6.03 Å². The van der Waals surface area contributed by atoms with Crippen molar-refractivity contribution in [3.8, 4) is 0 Å². The average Bonchev–Trinajstić information content (AvgIpc) is 2.56. The van der Waals surface area contributed by atoms with Crippen LogP contribution < -0.4 is 21.7 Å². The molecule has 25 heavy (non-hydrogen) atoms. The van der Waals surface area contributed by atoms with Gasteiger partial charge in [-0.2, -0.15) is 4.99 Å². The third-order valence-corrected chi connectivity index (χ3v) is 5.23. The quantitative estimate of drug-likeness (QED) is 0.722. The molecule has 132 valence electrons. The Morgan fingerprint density at radius 3 is 2.72 bits per heavy atom. The fourth-order valence-electron chi connectivity index (χ4n) is 4.06. The van der Waals surface area contributed by atoms with Crippen molar-refractivity contribution in [1.29, 1.82) is 0 Å². The van der Waals surface area contributed by atoms with Crippen molar-refractivity contribution in [3.05, 3.63) is 23.8 Å². The Kier molecular flexibility index (Phi) is 3.55. The van der Waals surface area contributed by atoms with Gasteiger partial charge in [-0.15, -0.1) is 0 Å². The van der Waals surface area contributed by atoms with Gasteiger partial charge in [-0.1, -0.05) is 12.5 Å². The molecule has 0 atom stereocenters. The molecule has 1 saturated carbocycles. The van der Waals surface area contributed by atoms with Crippen molar-refractivity contribution in [2.45, 2.75) is 44.3 Å². The predicted molar refractivity (Wildman–Crippen MR) is 98.5 cm³/mol. The van der Waals surface area contributed by atoms with E-state index in [9.17, 15) is 4.79 Å². The van der Waals surface area contributed by atoms with Gasteiger partial charge in [-0.25, -0.2) is 9.79 Å². The van der Waals surface area contributed by atoms with Crippen molar-refractivity contribution in [1.82, 2.24) is 4.90 Å². The summed E-state index contributed by atoms with van der Waals surface area (Å²) < 4.78 is 0. The van der Waals surface area contributed by atoms with Crippen LogP contribution in [0.1, 0.15) is 37.7 Å².